The first-order valence-corrected chi connectivity index (χ1v) is 4.92. The first kappa shape index (κ1) is 11.0. The van der Waals surface area contributed by atoms with E-state index in [1.807, 2.05) is 0 Å². The highest BCUT2D eigenvalue weighted by atomic mass is 16.5. The van der Waals surface area contributed by atoms with Crippen LogP contribution in [0.3, 0.4) is 0 Å². The SMILES string of the molecule is C=CCCCC1(C(C)=O)CCOC1=O. The first-order valence-electron chi connectivity index (χ1n) is 4.92. The van der Waals surface area contributed by atoms with Gasteiger partial charge in [0.1, 0.15) is 11.2 Å². The molecular weight excluding hydrogens is 180 g/mol. The number of carbonyl (C=O) groups excluding carboxylic acids is 2. The highest BCUT2D eigenvalue weighted by Gasteiger charge is 2.47. The predicted octanol–water partition coefficient (Wildman–Crippen LogP) is 1.86. The van der Waals surface area contributed by atoms with Crippen molar-refractivity contribution in [3.05, 3.63) is 12.7 Å². The van der Waals surface area contributed by atoms with Gasteiger partial charge < -0.3 is 4.74 Å². The molecule has 78 valence electrons. The summed E-state index contributed by atoms with van der Waals surface area (Å²) in [5, 5.41) is 0. The zero-order valence-corrected chi connectivity index (χ0v) is 8.54. The molecule has 0 spiro atoms. The largest absolute Gasteiger partial charge is 0.465 e. The number of allylic oxidation sites excluding steroid dienone is 1. The maximum absolute atomic E-state index is 11.5. The average Bonchev–Trinajstić information content (AvgIpc) is 2.49. The topological polar surface area (TPSA) is 43.4 Å². The Kier molecular flexibility index (Phi) is 3.44. The maximum atomic E-state index is 11.5. The second-order valence-corrected chi connectivity index (χ2v) is 3.71. The van der Waals surface area contributed by atoms with Gasteiger partial charge in [-0.3, -0.25) is 9.59 Å². The van der Waals surface area contributed by atoms with Crippen molar-refractivity contribution in [2.45, 2.75) is 32.6 Å². The smallest absolute Gasteiger partial charge is 0.319 e. The third-order valence-corrected chi connectivity index (χ3v) is 2.84. The zero-order chi connectivity index (χ0) is 10.6. The number of hydrogen-bond donors (Lipinski definition) is 0. The molecule has 0 bridgehead atoms. The summed E-state index contributed by atoms with van der Waals surface area (Å²) < 4.78 is 4.88. The van der Waals surface area contributed by atoms with Gasteiger partial charge in [0.2, 0.25) is 0 Å². The number of Topliss-reactive ketones (excluding diaryl/α,β-unsaturated/α-hetero) is 1. The molecule has 1 unspecified atom stereocenters. The van der Waals surface area contributed by atoms with Crippen LogP contribution in [0.4, 0.5) is 0 Å². The van der Waals surface area contributed by atoms with Gasteiger partial charge >= 0.3 is 5.97 Å². The molecule has 0 aromatic rings. The highest BCUT2D eigenvalue weighted by molar-refractivity contribution is 6.03. The third-order valence-electron chi connectivity index (χ3n) is 2.84. The molecule has 3 heteroatoms. The van der Waals surface area contributed by atoms with E-state index in [1.54, 1.807) is 6.08 Å². The Morgan fingerprint density at radius 3 is 2.86 bits per heavy atom. The van der Waals surface area contributed by atoms with Gasteiger partial charge in [-0.2, -0.15) is 0 Å². The van der Waals surface area contributed by atoms with Crippen molar-refractivity contribution in [2.75, 3.05) is 6.61 Å². The number of unbranched alkanes of at least 4 members (excludes halogenated alkanes) is 1. The molecule has 1 heterocycles. The van der Waals surface area contributed by atoms with Gasteiger partial charge in [0, 0.05) is 6.42 Å². The van der Waals surface area contributed by atoms with E-state index < -0.39 is 5.41 Å². The average molecular weight is 196 g/mol. The lowest BCUT2D eigenvalue weighted by molar-refractivity contribution is -0.151. The van der Waals surface area contributed by atoms with E-state index in [4.69, 9.17) is 4.74 Å². The predicted molar refractivity (Wildman–Crippen MR) is 52.7 cm³/mol. The van der Waals surface area contributed by atoms with Crippen molar-refractivity contribution >= 4 is 11.8 Å². The Morgan fingerprint density at radius 1 is 1.71 bits per heavy atom. The fourth-order valence-electron chi connectivity index (χ4n) is 1.83. The van der Waals surface area contributed by atoms with E-state index in [9.17, 15) is 9.59 Å². The number of hydrogen-bond acceptors (Lipinski definition) is 3. The summed E-state index contributed by atoms with van der Waals surface area (Å²) in [7, 11) is 0. The van der Waals surface area contributed by atoms with Gasteiger partial charge in [-0.1, -0.05) is 6.08 Å². The van der Waals surface area contributed by atoms with Crippen LogP contribution in [-0.2, 0) is 14.3 Å². The van der Waals surface area contributed by atoms with Gasteiger partial charge in [0.05, 0.1) is 6.61 Å². The van der Waals surface area contributed by atoms with E-state index in [1.165, 1.54) is 6.92 Å². The molecular formula is C11H16O3. The fraction of sp³-hybridized carbons (Fsp3) is 0.636. The van der Waals surface area contributed by atoms with Crippen LogP contribution in [0.2, 0.25) is 0 Å². The van der Waals surface area contributed by atoms with Crippen molar-refractivity contribution in [3.63, 3.8) is 0 Å². The van der Waals surface area contributed by atoms with Crippen LogP contribution in [0.25, 0.3) is 0 Å². The third kappa shape index (κ3) is 1.86. The number of rotatable bonds is 5. The fourth-order valence-corrected chi connectivity index (χ4v) is 1.83. The molecule has 3 nitrogen and oxygen atoms in total. The van der Waals surface area contributed by atoms with Crippen molar-refractivity contribution < 1.29 is 14.3 Å². The lowest BCUT2D eigenvalue weighted by atomic mass is 9.78. The molecule has 0 saturated carbocycles. The summed E-state index contributed by atoms with van der Waals surface area (Å²) in [6.45, 7) is 5.46. The van der Waals surface area contributed by atoms with Crippen molar-refractivity contribution in [1.82, 2.24) is 0 Å². The summed E-state index contributed by atoms with van der Waals surface area (Å²) in [5.41, 5.74) is -0.844. The van der Waals surface area contributed by atoms with Crippen LogP contribution < -0.4 is 0 Å². The van der Waals surface area contributed by atoms with Crippen LogP contribution in [0.5, 0.6) is 0 Å². The molecule has 0 N–H and O–H groups in total. The van der Waals surface area contributed by atoms with Crippen molar-refractivity contribution in [2.24, 2.45) is 5.41 Å². The van der Waals surface area contributed by atoms with Crippen molar-refractivity contribution in [3.8, 4) is 0 Å². The van der Waals surface area contributed by atoms with Gasteiger partial charge in [-0.05, 0) is 26.2 Å². The van der Waals surface area contributed by atoms with Crippen LogP contribution in [-0.4, -0.2) is 18.4 Å². The summed E-state index contributed by atoms with van der Waals surface area (Å²) in [6, 6.07) is 0. The molecule has 1 aliphatic rings. The zero-order valence-electron chi connectivity index (χ0n) is 8.54. The number of esters is 1. The summed E-state index contributed by atoms with van der Waals surface area (Å²) in [5.74, 6) is -0.405. The first-order chi connectivity index (χ1) is 6.63. The lowest BCUT2D eigenvalue weighted by Gasteiger charge is -2.20. The molecule has 0 radical (unpaired) electrons. The van der Waals surface area contributed by atoms with E-state index >= 15 is 0 Å². The highest BCUT2D eigenvalue weighted by Crippen LogP contribution is 2.36. The number of ether oxygens (including phenoxy) is 1. The van der Waals surface area contributed by atoms with E-state index in [0.29, 0.717) is 19.4 Å². The Bertz CT molecular complexity index is 257. The quantitative estimate of drug-likeness (QED) is 0.292. The molecule has 1 rings (SSSR count). The Hall–Kier alpha value is -1.12. The van der Waals surface area contributed by atoms with Gasteiger partial charge in [-0.15, -0.1) is 6.58 Å². The second-order valence-electron chi connectivity index (χ2n) is 3.71. The Balaban J connectivity index is 2.67. The molecule has 1 fully saturated rings. The van der Waals surface area contributed by atoms with Crippen LogP contribution in [0.15, 0.2) is 12.7 Å². The Labute approximate surface area is 84.1 Å². The molecule has 1 atom stereocenters. The monoisotopic (exact) mass is 196 g/mol. The van der Waals surface area contributed by atoms with Crippen LogP contribution in [0.1, 0.15) is 32.6 Å². The van der Waals surface area contributed by atoms with E-state index in [-0.39, 0.29) is 11.8 Å². The summed E-state index contributed by atoms with van der Waals surface area (Å²) in [4.78, 5) is 22.9. The normalized spacial score (nSPS) is 25.9. The summed E-state index contributed by atoms with van der Waals surface area (Å²) >= 11 is 0. The molecule has 1 aliphatic heterocycles. The molecule has 1 saturated heterocycles. The van der Waals surface area contributed by atoms with Crippen molar-refractivity contribution in [1.29, 1.82) is 0 Å². The molecule has 0 aromatic heterocycles. The minimum atomic E-state index is -0.844. The lowest BCUT2D eigenvalue weighted by Crippen LogP contribution is -2.34. The summed E-state index contributed by atoms with van der Waals surface area (Å²) in [6.07, 6.45) is 4.58. The molecule has 0 aliphatic carbocycles. The maximum Gasteiger partial charge on any atom is 0.319 e. The molecule has 0 aromatic carbocycles. The van der Waals surface area contributed by atoms with Gasteiger partial charge in [-0.25, -0.2) is 0 Å². The van der Waals surface area contributed by atoms with E-state index in [0.717, 1.165) is 12.8 Å². The van der Waals surface area contributed by atoms with Gasteiger partial charge in [0.25, 0.3) is 0 Å². The minimum absolute atomic E-state index is 0.0657. The number of ketones is 1. The second kappa shape index (κ2) is 4.40. The standard InChI is InChI=1S/C11H16O3/c1-3-4-5-6-11(9(2)12)7-8-14-10(11)13/h3H,1,4-8H2,2H3. The molecule has 0 amide bonds. The van der Waals surface area contributed by atoms with Crippen LogP contribution >= 0.6 is 0 Å². The van der Waals surface area contributed by atoms with E-state index in [2.05, 4.69) is 6.58 Å². The molecule has 14 heavy (non-hydrogen) atoms. The number of cyclic esters (lactones) is 1. The van der Waals surface area contributed by atoms with Crippen LogP contribution in [0, 0.1) is 5.41 Å². The number of carbonyl (C=O) groups is 2. The van der Waals surface area contributed by atoms with Gasteiger partial charge in [0.15, 0.2) is 0 Å². The Morgan fingerprint density at radius 2 is 2.43 bits per heavy atom. The minimum Gasteiger partial charge on any atom is -0.465 e.